The van der Waals surface area contributed by atoms with Gasteiger partial charge in [-0.2, -0.15) is 0 Å². The Morgan fingerprint density at radius 3 is 2.40 bits per heavy atom. The molecule has 1 aliphatic rings. The van der Waals surface area contributed by atoms with E-state index in [1.165, 1.54) is 5.56 Å². The summed E-state index contributed by atoms with van der Waals surface area (Å²) in [5, 5.41) is 2.91. The third-order valence-corrected chi connectivity index (χ3v) is 4.50. The first kappa shape index (κ1) is 17.4. The molecular weight excluding hydrogens is 314 g/mol. The van der Waals surface area contributed by atoms with Crippen molar-refractivity contribution in [2.24, 2.45) is 0 Å². The molecule has 0 radical (unpaired) electrons. The summed E-state index contributed by atoms with van der Waals surface area (Å²) in [5.41, 5.74) is 2.41. The van der Waals surface area contributed by atoms with Crippen LogP contribution in [-0.2, 0) is 0 Å². The summed E-state index contributed by atoms with van der Waals surface area (Å²) >= 11 is 0. The highest BCUT2D eigenvalue weighted by Gasteiger charge is 2.18. The molecule has 0 unspecified atom stereocenters. The SMILES string of the molecule is CC(C)c1ccc(NC(=O)c2ccnc(N3CCN(C)CC3)n2)cc1. The molecule has 1 saturated heterocycles. The number of likely N-dealkylation sites (N-methyl/N-ethyl adjacent to an activating group) is 1. The van der Waals surface area contributed by atoms with Crippen molar-refractivity contribution >= 4 is 17.5 Å². The Labute approximate surface area is 148 Å². The maximum Gasteiger partial charge on any atom is 0.274 e. The number of hydrogen-bond donors (Lipinski definition) is 1. The van der Waals surface area contributed by atoms with Gasteiger partial charge < -0.3 is 15.1 Å². The molecule has 2 heterocycles. The second kappa shape index (κ2) is 7.61. The van der Waals surface area contributed by atoms with Crippen molar-refractivity contribution in [2.45, 2.75) is 19.8 Å². The highest BCUT2D eigenvalue weighted by atomic mass is 16.1. The molecule has 0 aliphatic carbocycles. The van der Waals surface area contributed by atoms with Crippen LogP contribution in [0.4, 0.5) is 11.6 Å². The number of carbonyl (C=O) groups excluding carboxylic acids is 1. The first-order valence-electron chi connectivity index (χ1n) is 8.71. The second-order valence-electron chi connectivity index (χ2n) is 6.76. The van der Waals surface area contributed by atoms with E-state index in [4.69, 9.17) is 0 Å². The number of nitrogens with one attached hydrogen (secondary N) is 1. The number of amides is 1. The molecule has 1 aromatic heterocycles. The Bertz CT molecular complexity index is 721. The lowest BCUT2D eigenvalue weighted by atomic mass is 10.0. The summed E-state index contributed by atoms with van der Waals surface area (Å²) in [6.45, 7) is 7.99. The number of piperazine rings is 1. The van der Waals surface area contributed by atoms with Gasteiger partial charge in [0.15, 0.2) is 0 Å². The fourth-order valence-electron chi connectivity index (χ4n) is 2.78. The largest absolute Gasteiger partial charge is 0.338 e. The molecule has 1 amide bonds. The van der Waals surface area contributed by atoms with Crippen LogP contribution in [0, 0.1) is 0 Å². The normalized spacial score (nSPS) is 15.4. The summed E-state index contributed by atoms with van der Waals surface area (Å²) in [6.07, 6.45) is 1.65. The zero-order valence-corrected chi connectivity index (χ0v) is 15.1. The zero-order chi connectivity index (χ0) is 17.8. The number of benzene rings is 1. The van der Waals surface area contributed by atoms with Gasteiger partial charge in [-0.25, -0.2) is 9.97 Å². The lowest BCUT2D eigenvalue weighted by Gasteiger charge is -2.32. The Morgan fingerprint density at radius 1 is 1.08 bits per heavy atom. The van der Waals surface area contributed by atoms with Crippen LogP contribution >= 0.6 is 0 Å². The van der Waals surface area contributed by atoms with Crippen molar-refractivity contribution in [3.63, 3.8) is 0 Å². The van der Waals surface area contributed by atoms with Crippen LogP contribution in [-0.4, -0.2) is 54.0 Å². The zero-order valence-electron chi connectivity index (χ0n) is 15.1. The van der Waals surface area contributed by atoms with E-state index < -0.39 is 0 Å². The quantitative estimate of drug-likeness (QED) is 0.928. The predicted molar refractivity (Wildman–Crippen MR) is 100 cm³/mol. The van der Waals surface area contributed by atoms with Crippen molar-refractivity contribution in [3.05, 3.63) is 47.8 Å². The third kappa shape index (κ3) is 4.33. The van der Waals surface area contributed by atoms with Crippen LogP contribution in [0.1, 0.15) is 35.8 Å². The highest BCUT2D eigenvalue weighted by Crippen LogP contribution is 2.18. The van der Waals surface area contributed by atoms with E-state index in [2.05, 4.69) is 46.0 Å². The topological polar surface area (TPSA) is 61.4 Å². The number of anilines is 2. The first-order valence-corrected chi connectivity index (χ1v) is 8.71. The highest BCUT2D eigenvalue weighted by molar-refractivity contribution is 6.02. The number of aromatic nitrogens is 2. The molecule has 1 aliphatic heterocycles. The molecular formula is C19H25N5O. The molecule has 6 nitrogen and oxygen atoms in total. The molecule has 0 saturated carbocycles. The van der Waals surface area contributed by atoms with Gasteiger partial charge in [0.1, 0.15) is 5.69 Å². The molecule has 1 N–H and O–H groups in total. The Kier molecular flexibility index (Phi) is 5.28. The standard InChI is InChI=1S/C19H25N5O/c1-14(2)15-4-6-16(7-5-15)21-18(25)17-8-9-20-19(22-17)24-12-10-23(3)11-13-24/h4-9,14H,10-13H2,1-3H3,(H,21,25). The smallest absolute Gasteiger partial charge is 0.274 e. The summed E-state index contributed by atoms with van der Waals surface area (Å²) < 4.78 is 0. The van der Waals surface area contributed by atoms with Gasteiger partial charge in [0.2, 0.25) is 5.95 Å². The van der Waals surface area contributed by atoms with Crippen LogP contribution in [0.25, 0.3) is 0 Å². The molecule has 132 valence electrons. The van der Waals surface area contributed by atoms with Gasteiger partial charge in [0.05, 0.1) is 0 Å². The molecule has 6 heteroatoms. The molecule has 0 atom stereocenters. The van der Waals surface area contributed by atoms with Gasteiger partial charge in [-0.05, 0) is 36.7 Å². The minimum atomic E-state index is -0.213. The second-order valence-corrected chi connectivity index (χ2v) is 6.76. The van der Waals surface area contributed by atoms with Gasteiger partial charge in [0, 0.05) is 38.1 Å². The number of hydrogen-bond acceptors (Lipinski definition) is 5. The average Bonchev–Trinajstić information content (AvgIpc) is 2.63. The number of carbonyl (C=O) groups is 1. The molecule has 0 spiro atoms. The van der Waals surface area contributed by atoms with E-state index in [0.29, 0.717) is 17.6 Å². The van der Waals surface area contributed by atoms with Crippen molar-refractivity contribution in [2.75, 3.05) is 43.4 Å². The first-order chi connectivity index (χ1) is 12.0. The van der Waals surface area contributed by atoms with Gasteiger partial charge in [0.25, 0.3) is 5.91 Å². The van der Waals surface area contributed by atoms with Crippen molar-refractivity contribution in [3.8, 4) is 0 Å². The van der Waals surface area contributed by atoms with E-state index in [0.717, 1.165) is 31.9 Å². The lowest BCUT2D eigenvalue weighted by Crippen LogP contribution is -2.45. The van der Waals surface area contributed by atoms with Crippen LogP contribution in [0.3, 0.4) is 0 Å². The van der Waals surface area contributed by atoms with Crippen LogP contribution in [0.15, 0.2) is 36.5 Å². The fraction of sp³-hybridized carbons (Fsp3) is 0.421. The van der Waals surface area contributed by atoms with Crippen LogP contribution in [0.2, 0.25) is 0 Å². The van der Waals surface area contributed by atoms with Gasteiger partial charge >= 0.3 is 0 Å². The Balaban J connectivity index is 1.68. The summed E-state index contributed by atoms with van der Waals surface area (Å²) in [4.78, 5) is 25.7. The minimum absolute atomic E-state index is 0.213. The van der Waals surface area contributed by atoms with Gasteiger partial charge in [-0.3, -0.25) is 4.79 Å². The molecule has 2 aromatic rings. The summed E-state index contributed by atoms with van der Waals surface area (Å²) in [7, 11) is 2.10. The fourth-order valence-corrected chi connectivity index (χ4v) is 2.78. The molecule has 25 heavy (non-hydrogen) atoms. The number of nitrogens with zero attached hydrogens (tertiary/aromatic N) is 4. The molecule has 3 rings (SSSR count). The van der Waals surface area contributed by atoms with Crippen molar-refractivity contribution in [1.29, 1.82) is 0 Å². The Hall–Kier alpha value is -2.47. The molecule has 1 fully saturated rings. The van der Waals surface area contributed by atoms with Crippen LogP contribution in [0.5, 0.6) is 0 Å². The van der Waals surface area contributed by atoms with E-state index in [1.807, 2.05) is 24.3 Å². The lowest BCUT2D eigenvalue weighted by molar-refractivity contribution is 0.102. The maximum absolute atomic E-state index is 12.5. The number of rotatable bonds is 4. The van der Waals surface area contributed by atoms with E-state index >= 15 is 0 Å². The van der Waals surface area contributed by atoms with Crippen molar-refractivity contribution in [1.82, 2.24) is 14.9 Å². The predicted octanol–water partition coefficient (Wildman–Crippen LogP) is 2.60. The Morgan fingerprint density at radius 2 is 1.76 bits per heavy atom. The van der Waals surface area contributed by atoms with Gasteiger partial charge in [-0.15, -0.1) is 0 Å². The monoisotopic (exact) mass is 339 g/mol. The van der Waals surface area contributed by atoms with Crippen LogP contribution < -0.4 is 10.2 Å². The van der Waals surface area contributed by atoms with Crippen molar-refractivity contribution < 1.29 is 4.79 Å². The van der Waals surface area contributed by atoms with Gasteiger partial charge in [-0.1, -0.05) is 26.0 Å². The van der Waals surface area contributed by atoms with E-state index in [-0.39, 0.29) is 5.91 Å². The average molecular weight is 339 g/mol. The summed E-state index contributed by atoms with van der Waals surface area (Å²) in [5.74, 6) is 0.878. The molecule has 1 aromatic carbocycles. The maximum atomic E-state index is 12.5. The molecule has 0 bridgehead atoms. The minimum Gasteiger partial charge on any atom is -0.338 e. The third-order valence-electron chi connectivity index (χ3n) is 4.50. The van der Waals surface area contributed by atoms with E-state index in [1.54, 1.807) is 12.3 Å². The van der Waals surface area contributed by atoms with E-state index in [9.17, 15) is 4.79 Å². The summed E-state index contributed by atoms with van der Waals surface area (Å²) in [6, 6.07) is 9.58.